The molecule has 3 amide bonds. The van der Waals surface area contributed by atoms with Crippen LogP contribution >= 0.6 is 0 Å². The number of anilines is 1. The third-order valence-corrected chi connectivity index (χ3v) is 4.61. The molecular weight excluding hydrogens is 348 g/mol. The Morgan fingerprint density at radius 3 is 2.56 bits per heavy atom. The average molecular weight is 372 g/mol. The summed E-state index contributed by atoms with van der Waals surface area (Å²) in [6.07, 6.45) is 4.11. The zero-order chi connectivity index (χ0) is 19.2. The van der Waals surface area contributed by atoms with Crippen LogP contribution in [0.5, 0.6) is 0 Å². The highest BCUT2D eigenvalue weighted by Crippen LogP contribution is 2.29. The van der Waals surface area contributed by atoms with Crippen molar-refractivity contribution in [1.29, 1.82) is 0 Å². The van der Waals surface area contributed by atoms with Crippen LogP contribution in [-0.4, -0.2) is 54.1 Å². The lowest BCUT2D eigenvalue weighted by Gasteiger charge is -2.33. The molecule has 0 aliphatic carbocycles. The third-order valence-electron chi connectivity index (χ3n) is 4.61. The minimum Gasteiger partial charge on any atom is -0.445 e. The number of urea groups is 1. The Morgan fingerprint density at radius 1 is 1.26 bits per heavy atom. The minimum atomic E-state index is -0.547. The van der Waals surface area contributed by atoms with Crippen molar-refractivity contribution in [2.45, 2.75) is 25.4 Å². The van der Waals surface area contributed by atoms with Gasteiger partial charge in [0.2, 0.25) is 0 Å². The second-order valence-electron chi connectivity index (χ2n) is 6.73. The maximum Gasteiger partial charge on any atom is 0.412 e. The number of nitrogens with one attached hydrogen (secondary N) is 1. The van der Waals surface area contributed by atoms with Gasteiger partial charge in [-0.05, 0) is 36.5 Å². The zero-order valence-corrected chi connectivity index (χ0v) is 15.6. The van der Waals surface area contributed by atoms with Crippen LogP contribution in [0.15, 0.2) is 41.3 Å². The van der Waals surface area contributed by atoms with E-state index in [4.69, 9.17) is 9.15 Å². The van der Waals surface area contributed by atoms with Crippen LogP contribution in [-0.2, 0) is 11.3 Å². The number of nitrogens with zero attached hydrogens (tertiary/aromatic N) is 3. The second-order valence-corrected chi connectivity index (χ2v) is 6.73. The van der Waals surface area contributed by atoms with Crippen molar-refractivity contribution in [2.24, 2.45) is 0 Å². The predicted octanol–water partition coefficient (Wildman–Crippen LogP) is 3.28. The van der Waals surface area contributed by atoms with Gasteiger partial charge in [-0.3, -0.25) is 5.32 Å². The molecule has 2 heterocycles. The summed E-state index contributed by atoms with van der Waals surface area (Å²) in [5, 5.41) is 2.69. The number of amides is 3. The van der Waals surface area contributed by atoms with E-state index in [9.17, 15) is 9.59 Å². The number of aromatic nitrogens is 1. The largest absolute Gasteiger partial charge is 0.445 e. The number of benzene rings is 1. The number of ether oxygens (including phenoxy) is 1. The molecule has 1 saturated heterocycles. The van der Waals surface area contributed by atoms with Gasteiger partial charge in [0.25, 0.3) is 0 Å². The summed E-state index contributed by atoms with van der Waals surface area (Å²) in [5.41, 5.74) is 1.88. The molecule has 0 bridgehead atoms. The molecule has 0 radical (unpaired) electrons. The first kappa shape index (κ1) is 18.8. The fourth-order valence-electron chi connectivity index (χ4n) is 3.13. The van der Waals surface area contributed by atoms with E-state index >= 15 is 0 Å². The highest BCUT2D eigenvalue weighted by Gasteiger charge is 2.24. The number of hydrogen-bond acceptors (Lipinski definition) is 5. The van der Waals surface area contributed by atoms with Crippen molar-refractivity contribution in [3.8, 4) is 0 Å². The summed E-state index contributed by atoms with van der Waals surface area (Å²) in [4.78, 5) is 31.1. The molecule has 144 valence electrons. The first-order valence-corrected chi connectivity index (χ1v) is 8.90. The predicted molar refractivity (Wildman–Crippen MR) is 99.4 cm³/mol. The molecule has 1 aromatic carbocycles. The quantitative estimate of drug-likeness (QED) is 0.890. The highest BCUT2D eigenvalue weighted by molar-refractivity contribution is 5.84. The topological polar surface area (TPSA) is 87.9 Å². The van der Waals surface area contributed by atoms with E-state index in [0.717, 1.165) is 25.9 Å². The Morgan fingerprint density at radius 2 is 1.96 bits per heavy atom. The molecule has 0 atom stereocenters. The highest BCUT2D eigenvalue weighted by atomic mass is 16.6. The van der Waals surface area contributed by atoms with Gasteiger partial charge in [-0.15, -0.1) is 0 Å². The number of carbonyl (C=O) groups excluding carboxylic acids is 2. The molecular formula is C19H24N4O4. The fourth-order valence-corrected chi connectivity index (χ4v) is 3.13. The van der Waals surface area contributed by atoms with E-state index in [2.05, 4.69) is 10.3 Å². The normalized spacial score (nSPS) is 14.7. The number of oxazole rings is 1. The van der Waals surface area contributed by atoms with E-state index in [1.54, 1.807) is 19.0 Å². The van der Waals surface area contributed by atoms with Gasteiger partial charge >= 0.3 is 12.1 Å². The van der Waals surface area contributed by atoms with Gasteiger partial charge in [-0.2, -0.15) is 0 Å². The zero-order valence-electron chi connectivity index (χ0n) is 15.6. The number of rotatable bonds is 4. The molecule has 8 heteroatoms. The van der Waals surface area contributed by atoms with E-state index in [-0.39, 0.29) is 12.6 Å². The van der Waals surface area contributed by atoms with Gasteiger partial charge in [0, 0.05) is 32.9 Å². The molecule has 0 unspecified atom stereocenters. The van der Waals surface area contributed by atoms with Gasteiger partial charge in [0.05, 0.1) is 6.20 Å². The number of piperidine rings is 1. The molecule has 0 spiro atoms. The van der Waals surface area contributed by atoms with E-state index in [1.807, 2.05) is 29.2 Å². The van der Waals surface area contributed by atoms with Gasteiger partial charge < -0.3 is 19.0 Å². The number of carbonyl (C=O) groups is 2. The molecule has 3 rings (SSSR count). The van der Waals surface area contributed by atoms with Crippen LogP contribution in [0.1, 0.15) is 30.1 Å². The molecule has 0 saturated carbocycles. The third kappa shape index (κ3) is 4.99. The van der Waals surface area contributed by atoms with E-state index < -0.39 is 6.09 Å². The summed E-state index contributed by atoms with van der Waals surface area (Å²) in [7, 11) is 3.55. The Labute approximate surface area is 158 Å². The Kier molecular flexibility index (Phi) is 5.95. The smallest absolute Gasteiger partial charge is 0.412 e. The maximum atomic E-state index is 12.0. The SMILES string of the molecule is CN(C)C(=O)N1CCC(c2ccc(NC(=O)OCc3cnco3)cc2)CC1. The van der Waals surface area contributed by atoms with Crippen LogP contribution in [0, 0.1) is 0 Å². The van der Waals surface area contributed by atoms with E-state index in [0.29, 0.717) is 17.4 Å². The Balaban J connectivity index is 1.47. The molecule has 1 N–H and O–H groups in total. The van der Waals surface area contributed by atoms with Crippen molar-refractivity contribution in [3.05, 3.63) is 48.2 Å². The van der Waals surface area contributed by atoms with E-state index in [1.165, 1.54) is 18.2 Å². The molecule has 27 heavy (non-hydrogen) atoms. The second kappa shape index (κ2) is 8.57. The monoisotopic (exact) mass is 372 g/mol. The summed E-state index contributed by atoms with van der Waals surface area (Å²) in [6.45, 7) is 1.56. The summed E-state index contributed by atoms with van der Waals surface area (Å²) in [6, 6.07) is 7.82. The summed E-state index contributed by atoms with van der Waals surface area (Å²) in [5.74, 6) is 0.906. The van der Waals surface area contributed by atoms with Crippen molar-refractivity contribution in [2.75, 3.05) is 32.5 Å². The van der Waals surface area contributed by atoms with Crippen molar-refractivity contribution in [3.63, 3.8) is 0 Å². The first-order valence-electron chi connectivity index (χ1n) is 8.90. The first-order chi connectivity index (χ1) is 13.0. The molecule has 1 aromatic heterocycles. The Hall–Kier alpha value is -3.03. The number of likely N-dealkylation sites (tertiary alicyclic amines) is 1. The maximum absolute atomic E-state index is 12.0. The van der Waals surface area contributed by atoms with Gasteiger partial charge in [-0.25, -0.2) is 14.6 Å². The lowest BCUT2D eigenvalue weighted by molar-refractivity contribution is 0.146. The van der Waals surface area contributed by atoms with Crippen LogP contribution in [0.4, 0.5) is 15.3 Å². The van der Waals surface area contributed by atoms with Gasteiger partial charge in [-0.1, -0.05) is 12.1 Å². The van der Waals surface area contributed by atoms with Crippen LogP contribution in [0.3, 0.4) is 0 Å². The van der Waals surface area contributed by atoms with Crippen LogP contribution in [0.2, 0.25) is 0 Å². The van der Waals surface area contributed by atoms with Gasteiger partial charge in [0.1, 0.15) is 0 Å². The minimum absolute atomic E-state index is 0.0359. The standard InChI is InChI=1S/C19H24N4O4/c1-22(2)19(25)23-9-7-15(8-10-23)14-3-5-16(6-4-14)21-18(24)26-12-17-11-20-13-27-17/h3-6,11,13,15H,7-10,12H2,1-2H3,(H,21,24). The molecule has 1 aliphatic heterocycles. The van der Waals surface area contributed by atoms with Crippen molar-refractivity contribution < 1.29 is 18.7 Å². The molecule has 1 fully saturated rings. The number of hydrogen-bond donors (Lipinski definition) is 1. The van der Waals surface area contributed by atoms with Crippen LogP contribution < -0.4 is 5.32 Å². The van der Waals surface area contributed by atoms with Crippen molar-refractivity contribution in [1.82, 2.24) is 14.8 Å². The molecule has 2 aromatic rings. The fraction of sp³-hybridized carbons (Fsp3) is 0.421. The van der Waals surface area contributed by atoms with Crippen LogP contribution in [0.25, 0.3) is 0 Å². The van der Waals surface area contributed by atoms with Gasteiger partial charge in [0.15, 0.2) is 18.8 Å². The average Bonchev–Trinajstić information content (AvgIpc) is 3.20. The summed E-state index contributed by atoms with van der Waals surface area (Å²) < 4.78 is 10.1. The van der Waals surface area contributed by atoms with Crippen molar-refractivity contribution >= 4 is 17.8 Å². The molecule has 1 aliphatic rings. The lowest BCUT2D eigenvalue weighted by atomic mass is 9.89. The Bertz CT molecular complexity index is 751. The molecule has 8 nitrogen and oxygen atoms in total. The lowest BCUT2D eigenvalue weighted by Crippen LogP contribution is -2.43. The summed E-state index contributed by atoms with van der Waals surface area (Å²) >= 11 is 0.